The fraction of sp³-hybridized carbons (Fsp3) is 0.500. The van der Waals surface area contributed by atoms with Crippen LogP contribution in [0.15, 0.2) is 73.2 Å². The Morgan fingerprint density at radius 2 is 0.789 bits per heavy atom. The van der Waals surface area contributed by atoms with Gasteiger partial charge >= 0.3 is 7.82 Å². The second-order valence-electron chi connectivity index (χ2n) is 12.8. The third kappa shape index (κ3) is 8.03. The van der Waals surface area contributed by atoms with Crippen molar-refractivity contribution in [3.05, 3.63) is 90.3 Å². The maximum Gasteiger partial charge on any atom is 0.476 e. The summed E-state index contributed by atoms with van der Waals surface area (Å²) in [4.78, 5) is 13.6. The summed E-state index contributed by atoms with van der Waals surface area (Å²) in [5.41, 5.74) is 0.511. The van der Waals surface area contributed by atoms with Gasteiger partial charge < -0.3 is 0 Å². The second kappa shape index (κ2) is 11.7. The number of nitrogens with zero attached hydrogens (tertiary/aromatic N) is 3. The molecule has 0 amide bonds. The molecule has 3 rings (SSSR count). The van der Waals surface area contributed by atoms with Gasteiger partial charge in [0.25, 0.3) is 0 Å². The SMILES string of the molecule is CC(C)(C)[C@@H](OP(=O)(O[C@@H](c1ccccn1)C(C)(C)C)O[C@@H](c1ccccn1)C(C)(C)C)c1ccccn1. The van der Waals surface area contributed by atoms with Crippen molar-refractivity contribution in [2.45, 2.75) is 80.6 Å². The first-order valence-corrected chi connectivity index (χ1v) is 14.4. The summed E-state index contributed by atoms with van der Waals surface area (Å²) in [6.45, 7) is 18.1. The van der Waals surface area contributed by atoms with Gasteiger partial charge in [-0.1, -0.05) is 80.5 Å². The molecule has 0 aliphatic heterocycles. The Morgan fingerprint density at radius 1 is 0.526 bits per heavy atom. The summed E-state index contributed by atoms with van der Waals surface area (Å²) in [5, 5.41) is 0. The van der Waals surface area contributed by atoms with Crippen LogP contribution < -0.4 is 0 Å². The molecule has 0 saturated carbocycles. The zero-order valence-electron chi connectivity index (χ0n) is 24.1. The molecule has 0 fully saturated rings. The Kier molecular flexibility index (Phi) is 9.31. The standard InChI is InChI=1S/C30H42N3O4P/c1-28(2,3)25(22-16-10-13-19-31-22)35-38(34,36-26(29(4,5)6)23-17-11-14-20-32-23)37-27(30(7,8)9)24-18-12-15-21-33-24/h10-21,25-27H,1-9H3/t25-,26-,27-/m0/s1. The van der Waals surface area contributed by atoms with Crippen LogP contribution in [-0.4, -0.2) is 15.0 Å². The van der Waals surface area contributed by atoms with Crippen molar-refractivity contribution in [3.8, 4) is 0 Å². The van der Waals surface area contributed by atoms with Crippen molar-refractivity contribution in [1.82, 2.24) is 15.0 Å². The summed E-state index contributed by atoms with van der Waals surface area (Å²) in [6, 6.07) is 16.7. The molecule has 3 heterocycles. The van der Waals surface area contributed by atoms with Crippen LogP contribution >= 0.6 is 7.82 Å². The van der Waals surface area contributed by atoms with E-state index < -0.39 is 42.4 Å². The molecular weight excluding hydrogens is 497 g/mol. The number of aromatic nitrogens is 3. The molecule has 0 spiro atoms. The Balaban J connectivity index is 2.14. The molecule has 38 heavy (non-hydrogen) atoms. The lowest BCUT2D eigenvalue weighted by molar-refractivity contribution is -0.0452. The lowest BCUT2D eigenvalue weighted by Crippen LogP contribution is -2.28. The Morgan fingerprint density at radius 3 is 0.974 bits per heavy atom. The van der Waals surface area contributed by atoms with Gasteiger partial charge in [0.2, 0.25) is 0 Å². The van der Waals surface area contributed by atoms with Crippen molar-refractivity contribution in [1.29, 1.82) is 0 Å². The van der Waals surface area contributed by atoms with Crippen molar-refractivity contribution in [2.24, 2.45) is 16.2 Å². The quantitative estimate of drug-likeness (QED) is 0.251. The highest BCUT2D eigenvalue weighted by atomic mass is 31.2. The molecule has 0 bridgehead atoms. The summed E-state index contributed by atoms with van der Waals surface area (Å²) in [5.74, 6) is 0. The molecule has 0 unspecified atom stereocenters. The Bertz CT molecular complexity index is 1040. The van der Waals surface area contributed by atoms with E-state index >= 15 is 0 Å². The molecule has 206 valence electrons. The molecule has 3 atom stereocenters. The van der Waals surface area contributed by atoms with Crippen LogP contribution in [0, 0.1) is 16.2 Å². The largest absolute Gasteiger partial charge is 0.476 e. The molecule has 8 heteroatoms. The van der Waals surface area contributed by atoms with E-state index in [1.807, 2.05) is 117 Å². The zero-order valence-corrected chi connectivity index (χ0v) is 25.0. The van der Waals surface area contributed by atoms with Gasteiger partial charge in [-0.05, 0) is 52.6 Å². The van der Waals surface area contributed by atoms with Crippen LogP contribution in [-0.2, 0) is 18.1 Å². The zero-order chi connectivity index (χ0) is 28.2. The first-order chi connectivity index (χ1) is 17.6. The predicted molar refractivity (Wildman–Crippen MR) is 150 cm³/mol. The van der Waals surface area contributed by atoms with Gasteiger partial charge in [-0.2, -0.15) is 0 Å². The summed E-state index contributed by atoms with van der Waals surface area (Å²) >= 11 is 0. The molecule has 3 aromatic rings. The van der Waals surface area contributed by atoms with Crippen molar-refractivity contribution >= 4 is 7.82 Å². The first kappa shape index (κ1) is 30.1. The number of phosphoric acid groups is 1. The molecule has 0 aliphatic carbocycles. The highest BCUT2D eigenvalue weighted by Gasteiger charge is 2.46. The Labute approximate surface area is 228 Å². The van der Waals surface area contributed by atoms with Crippen LogP contribution in [0.4, 0.5) is 0 Å². The minimum Gasteiger partial charge on any atom is -0.276 e. The maximum absolute atomic E-state index is 15.0. The highest BCUT2D eigenvalue weighted by Crippen LogP contribution is 2.64. The average Bonchev–Trinajstić information content (AvgIpc) is 2.84. The normalized spacial score (nSPS) is 15.6. The predicted octanol–water partition coefficient (Wildman–Crippen LogP) is 8.69. The van der Waals surface area contributed by atoms with Crippen LogP contribution in [0.25, 0.3) is 0 Å². The molecule has 0 radical (unpaired) electrons. The van der Waals surface area contributed by atoms with Gasteiger partial charge in [0.15, 0.2) is 0 Å². The third-order valence-corrected chi connectivity index (χ3v) is 7.34. The van der Waals surface area contributed by atoms with E-state index in [1.165, 1.54) is 0 Å². The third-order valence-electron chi connectivity index (χ3n) is 5.93. The fourth-order valence-corrected chi connectivity index (χ4v) is 6.22. The van der Waals surface area contributed by atoms with Gasteiger partial charge in [0.05, 0.1) is 17.1 Å². The average molecular weight is 540 g/mol. The van der Waals surface area contributed by atoms with E-state index in [9.17, 15) is 4.57 Å². The lowest BCUT2D eigenvalue weighted by atomic mass is 9.87. The minimum absolute atomic E-state index is 0.471. The van der Waals surface area contributed by atoms with E-state index in [2.05, 4.69) is 15.0 Å². The summed E-state index contributed by atoms with van der Waals surface area (Å²) in [7, 11) is -4.29. The lowest BCUT2D eigenvalue weighted by Gasteiger charge is -2.39. The molecule has 3 aromatic heterocycles. The van der Waals surface area contributed by atoms with E-state index in [0.29, 0.717) is 17.1 Å². The Hall–Kier alpha value is -2.44. The molecule has 0 aromatic carbocycles. The van der Waals surface area contributed by atoms with Gasteiger partial charge in [0, 0.05) is 18.6 Å². The first-order valence-electron chi connectivity index (χ1n) is 13.0. The number of rotatable bonds is 9. The van der Waals surface area contributed by atoms with E-state index in [1.54, 1.807) is 18.6 Å². The molecular formula is C30H42N3O4P. The van der Waals surface area contributed by atoms with Crippen LogP contribution in [0.3, 0.4) is 0 Å². The van der Waals surface area contributed by atoms with E-state index in [4.69, 9.17) is 13.6 Å². The molecule has 0 saturated heterocycles. The summed E-state index contributed by atoms with van der Waals surface area (Å²) in [6.07, 6.45) is 3.06. The molecule has 7 nitrogen and oxygen atoms in total. The number of pyridine rings is 3. The second-order valence-corrected chi connectivity index (χ2v) is 14.3. The van der Waals surface area contributed by atoms with Crippen LogP contribution in [0.5, 0.6) is 0 Å². The maximum atomic E-state index is 15.0. The smallest absolute Gasteiger partial charge is 0.276 e. The van der Waals surface area contributed by atoms with Gasteiger partial charge in [-0.15, -0.1) is 0 Å². The molecule has 0 N–H and O–H groups in total. The van der Waals surface area contributed by atoms with Crippen molar-refractivity contribution < 1.29 is 18.1 Å². The number of phosphoric ester groups is 1. The summed E-state index contributed by atoms with van der Waals surface area (Å²) < 4.78 is 34.4. The number of hydrogen-bond acceptors (Lipinski definition) is 7. The van der Waals surface area contributed by atoms with Crippen LogP contribution in [0.1, 0.15) is 97.7 Å². The monoisotopic (exact) mass is 539 g/mol. The van der Waals surface area contributed by atoms with E-state index in [0.717, 1.165) is 0 Å². The number of hydrogen-bond donors (Lipinski definition) is 0. The van der Waals surface area contributed by atoms with Gasteiger partial charge in [-0.3, -0.25) is 28.5 Å². The topological polar surface area (TPSA) is 83.4 Å². The highest BCUT2D eigenvalue weighted by molar-refractivity contribution is 7.48. The van der Waals surface area contributed by atoms with Gasteiger partial charge in [0.1, 0.15) is 18.3 Å². The fourth-order valence-electron chi connectivity index (χ4n) is 4.02. The van der Waals surface area contributed by atoms with E-state index in [-0.39, 0.29) is 0 Å². The van der Waals surface area contributed by atoms with Gasteiger partial charge in [-0.25, -0.2) is 4.57 Å². The van der Waals surface area contributed by atoms with Crippen LogP contribution in [0.2, 0.25) is 0 Å². The van der Waals surface area contributed by atoms with Crippen molar-refractivity contribution in [3.63, 3.8) is 0 Å². The van der Waals surface area contributed by atoms with Crippen molar-refractivity contribution in [2.75, 3.05) is 0 Å². The molecule has 0 aliphatic rings. The minimum atomic E-state index is -4.29.